The van der Waals surface area contributed by atoms with Crippen molar-refractivity contribution in [1.29, 1.82) is 0 Å². The van der Waals surface area contributed by atoms with Gasteiger partial charge in [-0.15, -0.1) is 0 Å². The van der Waals surface area contributed by atoms with E-state index in [1.165, 1.54) is 89.0 Å². The molecule has 0 saturated carbocycles. The van der Waals surface area contributed by atoms with E-state index in [-0.39, 0.29) is 6.29 Å². The Balaban J connectivity index is 1.27. The average molecular weight is 524 g/mol. The molecule has 1 aromatic carbocycles. The summed E-state index contributed by atoms with van der Waals surface area (Å²) in [5, 5.41) is 0. The fourth-order valence-corrected chi connectivity index (χ4v) is 5.13. The third kappa shape index (κ3) is 12.3. The molecule has 1 aromatic heterocycles. The highest BCUT2D eigenvalue weighted by Crippen LogP contribution is 2.23. The van der Waals surface area contributed by atoms with Gasteiger partial charge in [-0.1, -0.05) is 97.0 Å². The number of hydrogen-bond donors (Lipinski definition) is 0. The molecule has 4 nitrogen and oxygen atoms in total. The van der Waals surface area contributed by atoms with E-state index in [2.05, 4.69) is 50.2 Å². The Labute approximate surface area is 232 Å². The first-order valence-electron chi connectivity index (χ1n) is 15.7. The zero-order valence-corrected chi connectivity index (χ0v) is 24.3. The van der Waals surface area contributed by atoms with Crippen LogP contribution in [-0.2, 0) is 15.9 Å². The predicted molar refractivity (Wildman–Crippen MR) is 159 cm³/mol. The third-order valence-electron chi connectivity index (χ3n) is 7.66. The maximum atomic E-state index is 6.04. The Morgan fingerprint density at radius 3 is 1.97 bits per heavy atom. The molecule has 0 radical (unpaired) electrons. The lowest BCUT2D eigenvalue weighted by Crippen LogP contribution is -2.32. The second-order valence-electron chi connectivity index (χ2n) is 11.1. The van der Waals surface area contributed by atoms with Crippen molar-refractivity contribution in [2.24, 2.45) is 5.92 Å². The number of rotatable bonds is 20. The first-order valence-corrected chi connectivity index (χ1v) is 15.7. The van der Waals surface area contributed by atoms with Crippen molar-refractivity contribution in [3.05, 3.63) is 48.2 Å². The zero-order chi connectivity index (χ0) is 26.7. The van der Waals surface area contributed by atoms with E-state index in [1.807, 2.05) is 6.20 Å². The first-order chi connectivity index (χ1) is 18.8. The van der Waals surface area contributed by atoms with Crippen molar-refractivity contribution in [3.8, 4) is 17.0 Å². The monoisotopic (exact) mass is 523 g/mol. The standard InChI is InChI=1S/C34H53NO3/c1-3-5-7-9-10-11-12-14-16-30-27-37-34(38-28-30)24-18-29-17-23-33(35-26-29)31-19-21-32(22-20-31)36-25-15-13-8-6-4-2/h17,19-23,26,30,34H,3-16,18,24-25,27-28H2,1-2H3/t30-,34-. The lowest BCUT2D eigenvalue weighted by atomic mass is 10.0. The van der Waals surface area contributed by atoms with E-state index in [0.29, 0.717) is 5.92 Å². The molecule has 3 rings (SSSR count). The quantitative estimate of drug-likeness (QED) is 0.162. The van der Waals surface area contributed by atoms with Crippen molar-refractivity contribution >= 4 is 0 Å². The van der Waals surface area contributed by atoms with Gasteiger partial charge in [-0.05, 0) is 55.2 Å². The fraction of sp³-hybridized carbons (Fsp3) is 0.676. The molecule has 1 saturated heterocycles. The van der Waals surface area contributed by atoms with Crippen LogP contribution in [0.3, 0.4) is 0 Å². The minimum atomic E-state index is -0.0799. The zero-order valence-electron chi connectivity index (χ0n) is 24.3. The van der Waals surface area contributed by atoms with Gasteiger partial charge in [0, 0.05) is 24.1 Å². The van der Waals surface area contributed by atoms with E-state index < -0.39 is 0 Å². The molecule has 1 aliphatic heterocycles. The van der Waals surface area contributed by atoms with Crippen LogP contribution >= 0.6 is 0 Å². The molecule has 0 spiro atoms. The van der Waals surface area contributed by atoms with E-state index in [1.54, 1.807) is 0 Å². The summed E-state index contributed by atoms with van der Waals surface area (Å²) >= 11 is 0. The maximum absolute atomic E-state index is 6.04. The van der Waals surface area contributed by atoms with Gasteiger partial charge in [-0.3, -0.25) is 4.98 Å². The van der Waals surface area contributed by atoms with E-state index >= 15 is 0 Å². The van der Waals surface area contributed by atoms with Gasteiger partial charge in [0.25, 0.3) is 0 Å². The van der Waals surface area contributed by atoms with Crippen LogP contribution in [0.4, 0.5) is 0 Å². The van der Waals surface area contributed by atoms with Crippen LogP contribution < -0.4 is 4.74 Å². The second kappa shape index (κ2) is 19.2. The largest absolute Gasteiger partial charge is 0.494 e. The number of benzene rings is 1. The van der Waals surface area contributed by atoms with Crippen LogP contribution in [0.15, 0.2) is 42.6 Å². The Kier molecular flexibility index (Phi) is 15.5. The van der Waals surface area contributed by atoms with Crippen molar-refractivity contribution < 1.29 is 14.2 Å². The van der Waals surface area contributed by atoms with E-state index in [4.69, 9.17) is 19.2 Å². The molecule has 0 N–H and O–H groups in total. The number of hydrogen-bond acceptors (Lipinski definition) is 4. The highest BCUT2D eigenvalue weighted by molar-refractivity contribution is 5.60. The normalized spacial score (nSPS) is 17.5. The van der Waals surface area contributed by atoms with E-state index in [0.717, 1.165) is 56.1 Å². The Morgan fingerprint density at radius 1 is 0.711 bits per heavy atom. The third-order valence-corrected chi connectivity index (χ3v) is 7.66. The van der Waals surface area contributed by atoms with Crippen molar-refractivity contribution in [2.75, 3.05) is 19.8 Å². The Bertz CT molecular complexity index is 828. The first kappa shape index (κ1) is 30.6. The molecule has 0 bridgehead atoms. The molecular weight excluding hydrogens is 470 g/mol. The molecule has 0 aliphatic carbocycles. The van der Waals surface area contributed by atoms with Crippen LogP contribution in [0.5, 0.6) is 5.75 Å². The topological polar surface area (TPSA) is 40.6 Å². The van der Waals surface area contributed by atoms with Crippen LogP contribution in [0.25, 0.3) is 11.3 Å². The number of aromatic nitrogens is 1. The maximum Gasteiger partial charge on any atom is 0.157 e. The number of pyridine rings is 1. The van der Waals surface area contributed by atoms with Gasteiger partial charge in [0.15, 0.2) is 6.29 Å². The molecular formula is C34H53NO3. The molecule has 0 amide bonds. The van der Waals surface area contributed by atoms with Crippen LogP contribution in [0.1, 0.15) is 116 Å². The summed E-state index contributed by atoms with van der Waals surface area (Å²) in [5.41, 5.74) is 3.34. The fourth-order valence-electron chi connectivity index (χ4n) is 5.13. The summed E-state index contributed by atoms with van der Waals surface area (Å²) in [6.45, 7) is 7.01. The second-order valence-corrected chi connectivity index (χ2v) is 11.1. The lowest BCUT2D eigenvalue weighted by Gasteiger charge is -2.29. The van der Waals surface area contributed by atoms with Gasteiger partial charge >= 0.3 is 0 Å². The summed E-state index contributed by atoms with van der Waals surface area (Å²) < 4.78 is 18.0. The molecule has 0 atom stereocenters. The van der Waals surface area contributed by atoms with Gasteiger partial charge in [0.05, 0.1) is 25.5 Å². The van der Waals surface area contributed by atoms with Crippen LogP contribution in [0, 0.1) is 5.92 Å². The van der Waals surface area contributed by atoms with Gasteiger partial charge in [-0.25, -0.2) is 0 Å². The highest BCUT2D eigenvalue weighted by atomic mass is 16.7. The summed E-state index contributed by atoms with van der Waals surface area (Å²) in [6.07, 6.45) is 22.2. The summed E-state index contributed by atoms with van der Waals surface area (Å²) in [6, 6.07) is 12.6. The average Bonchev–Trinajstić information content (AvgIpc) is 2.96. The number of ether oxygens (including phenoxy) is 3. The predicted octanol–water partition coefficient (Wildman–Crippen LogP) is 9.55. The smallest absolute Gasteiger partial charge is 0.157 e. The van der Waals surface area contributed by atoms with Gasteiger partial charge < -0.3 is 14.2 Å². The molecule has 4 heteroatoms. The van der Waals surface area contributed by atoms with Crippen molar-refractivity contribution in [3.63, 3.8) is 0 Å². The number of unbranched alkanes of at least 4 members (excludes halogenated alkanes) is 11. The van der Waals surface area contributed by atoms with Crippen molar-refractivity contribution in [1.82, 2.24) is 4.98 Å². The Morgan fingerprint density at radius 2 is 1.34 bits per heavy atom. The SMILES string of the molecule is CCCCCCCCCC[C@H]1CO[C@H](CCc2ccc(-c3ccc(OCCCCCCC)cc3)nc2)OC1. The molecule has 38 heavy (non-hydrogen) atoms. The molecule has 2 aromatic rings. The van der Waals surface area contributed by atoms with Crippen LogP contribution in [0.2, 0.25) is 0 Å². The molecule has 2 heterocycles. The lowest BCUT2D eigenvalue weighted by molar-refractivity contribution is -0.203. The summed E-state index contributed by atoms with van der Waals surface area (Å²) in [4.78, 5) is 4.71. The Hall–Kier alpha value is -1.91. The van der Waals surface area contributed by atoms with E-state index in [9.17, 15) is 0 Å². The van der Waals surface area contributed by atoms with Crippen LogP contribution in [-0.4, -0.2) is 31.1 Å². The summed E-state index contributed by atoms with van der Waals surface area (Å²) in [5.74, 6) is 1.50. The molecule has 1 aliphatic rings. The summed E-state index contributed by atoms with van der Waals surface area (Å²) in [7, 11) is 0. The van der Waals surface area contributed by atoms with Gasteiger partial charge in [0.2, 0.25) is 0 Å². The number of aryl methyl sites for hydroxylation is 1. The number of nitrogens with zero attached hydrogens (tertiary/aromatic N) is 1. The minimum absolute atomic E-state index is 0.0799. The van der Waals surface area contributed by atoms with Crippen molar-refractivity contribution in [2.45, 2.75) is 123 Å². The highest BCUT2D eigenvalue weighted by Gasteiger charge is 2.21. The minimum Gasteiger partial charge on any atom is -0.494 e. The molecule has 1 fully saturated rings. The van der Waals surface area contributed by atoms with Gasteiger partial charge in [-0.2, -0.15) is 0 Å². The molecule has 212 valence electrons. The van der Waals surface area contributed by atoms with Gasteiger partial charge in [0.1, 0.15) is 5.75 Å². The molecule has 0 unspecified atom stereocenters.